The third-order valence-electron chi connectivity index (χ3n) is 2.95. The maximum atomic E-state index is 5.24. The van der Waals surface area contributed by atoms with Gasteiger partial charge in [-0.05, 0) is 37.5 Å². The fourth-order valence-corrected chi connectivity index (χ4v) is 2.43. The fraction of sp³-hybridized carbons (Fsp3) is 0.385. The third-order valence-corrected chi connectivity index (χ3v) is 3.61. The molecule has 0 spiro atoms. The second-order valence-electron chi connectivity index (χ2n) is 4.65. The molecule has 1 fully saturated rings. The van der Waals surface area contributed by atoms with Crippen molar-refractivity contribution in [3.8, 4) is 11.4 Å². The number of hydrogen-bond donors (Lipinski definition) is 1. The predicted molar refractivity (Wildman–Crippen MR) is 72.0 cm³/mol. The molecule has 5 heteroatoms. The molecule has 0 radical (unpaired) electrons. The summed E-state index contributed by atoms with van der Waals surface area (Å²) in [5.41, 5.74) is 2.16. The van der Waals surface area contributed by atoms with Crippen molar-refractivity contribution in [2.24, 2.45) is 0 Å². The second-order valence-corrected chi connectivity index (χ2v) is 5.50. The molecule has 0 aliphatic heterocycles. The van der Waals surface area contributed by atoms with Gasteiger partial charge in [-0.3, -0.25) is 0 Å². The first-order chi connectivity index (χ1) is 8.72. The van der Waals surface area contributed by atoms with E-state index in [1.165, 1.54) is 18.4 Å². The summed E-state index contributed by atoms with van der Waals surface area (Å²) in [6.45, 7) is 2.71. The highest BCUT2D eigenvalue weighted by molar-refractivity contribution is 9.10. The van der Waals surface area contributed by atoms with E-state index in [0.717, 1.165) is 10.0 Å². The van der Waals surface area contributed by atoms with Gasteiger partial charge >= 0.3 is 0 Å². The average Bonchev–Trinajstić information content (AvgIpc) is 3.05. The molecule has 1 aromatic carbocycles. The van der Waals surface area contributed by atoms with Gasteiger partial charge in [-0.1, -0.05) is 27.2 Å². The molecule has 1 aliphatic carbocycles. The maximum absolute atomic E-state index is 5.24. The summed E-state index contributed by atoms with van der Waals surface area (Å²) in [5, 5.41) is 7.37. The lowest BCUT2D eigenvalue weighted by Crippen LogP contribution is -2.15. The minimum atomic E-state index is 0.634. The summed E-state index contributed by atoms with van der Waals surface area (Å²) < 4.78 is 6.23. The van der Waals surface area contributed by atoms with Gasteiger partial charge in [0.2, 0.25) is 11.7 Å². The number of nitrogens with zero attached hydrogens (tertiary/aromatic N) is 2. The minimum absolute atomic E-state index is 0.634. The van der Waals surface area contributed by atoms with Crippen LogP contribution < -0.4 is 5.32 Å². The maximum Gasteiger partial charge on any atom is 0.240 e. The van der Waals surface area contributed by atoms with Crippen LogP contribution in [0.5, 0.6) is 0 Å². The summed E-state index contributed by atoms with van der Waals surface area (Å²) in [6, 6.07) is 6.74. The Labute approximate surface area is 114 Å². The second kappa shape index (κ2) is 4.82. The van der Waals surface area contributed by atoms with E-state index in [1.807, 2.05) is 18.2 Å². The molecule has 0 amide bonds. The first kappa shape index (κ1) is 11.9. The van der Waals surface area contributed by atoms with Gasteiger partial charge in [0.1, 0.15) is 0 Å². The van der Waals surface area contributed by atoms with Gasteiger partial charge in [0, 0.05) is 16.1 Å². The number of halogens is 1. The quantitative estimate of drug-likeness (QED) is 0.943. The Balaban J connectivity index is 1.78. The number of hydrogen-bond acceptors (Lipinski definition) is 4. The molecule has 0 bridgehead atoms. The zero-order chi connectivity index (χ0) is 12.5. The molecule has 3 rings (SSSR count). The SMILES string of the molecule is Cc1ccc(-c2noc(CNC3CC3)n2)c(Br)c1. The zero-order valence-electron chi connectivity index (χ0n) is 10.1. The molecular formula is C13H14BrN3O. The molecular weight excluding hydrogens is 294 g/mol. The van der Waals surface area contributed by atoms with E-state index in [2.05, 4.69) is 38.3 Å². The lowest BCUT2D eigenvalue weighted by molar-refractivity contribution is 0.367. The van der Waals surface area contributed by atoms with E-state index in [1.54, 1.807) is 0 Å². The fourth-order valence-electron chi connectivity index (χ4n) is 1.76. The third kappa shape index (κ3) is 2.62. The molecule has 0 saturated heterocycles. The highest BCUT2D eigenvalue weighted by atomic mass is 79.9. The largest absolute Gasteiger partial charge is 0.338 e. The Morgan fingerprint density at radius 3 is 3.00 bits per heavy atom. The van der Waals surface area contributed by atoms with Crippen molar-refractivity contribution in [3.05, 3.63) is 34.1 Å². The Kier molecular flexibility index (Phi) is 3.18. The molecule has 2 aromatic rings. The van der Waals surface area contributed by atoms with Gasteiger partial charge in [0.05, 0.1) is 6.54 Å². The van der Waals surface area contributed by atoms with Crippen LogP contribution in [0.25, 0.3) is 11.4 Å². The van der Waals surface area contributed by atoms with Gasteiger partial charge in [-0.2, -0.15) is 4.98 Å². The van der Waals surface area contributed by atoms with Crippen molar-refractivity contribution in [1.29, 1.82) is 0 Å². The smallest absolute Gasteiger partial charge is 0.240 e. The van der Waals surface area contributed by atoms with Crippen molar-refractivity contribution in [1.82, 2.24) is 15.5 Å². The Hall–Kier alpha value is -1.20. The van der Waals surface area contributed by atoms with E-state index in [-0.39, 0.29) is 0 Å². The van der Waals surface area contributed by atoms with E-state index < -0.39 is 0 Å². The molecule has 1 heterocycles. The summed E-state index contributed by atoms with van der Waals surface area (Å²) in [5.74, 6) is 1.28. The van der Waals surface area contributed by atoms with Crippen LogP contribution in [-0.4, -0.2) is 16.2 Å². The van der Waals surface area contributed by atoms with Crippen LogP contribution in [0, 0.1) is 6.92 Å². The molecule has 0 atom stereocenters. The lowest BCUT2D eigenvalue weighted by Gasteiger charge is -2.00. The van der Waals surface area contributed by atoms with E-state index in [9.17, 15) is 0 Å². The van der Waals surface area contributed by atoms with Crippen LogP contribution in [-0.2, 0) is 6.54 Å². The lowest BCUT2D eigenvalue weighted by atomic mass is 10.1. The summed E-state index contributed by atoms with van der Waals surface area (Å²) >= 11 is 3.53. The molecule has 1 saturated carbocycles. The first-order valence-corrected chi connectivity index (χ1v) is 6.84. The first-order valence-electron chi connectivity index (χ1n) is 6.05. The summed E-state index contributed by atoms with van der Waals surface area (Å²) in [6.07, 6.45) is 2.51. The van der Waals surface area contributed by atoms with E-state index in [0.29, 0.717) is 24.3 Å². The Bertz CT molecular complexity index is 563. The van der Waals surface area contributed by atoms with Gasteiger partial charge in [-0.15, -0.1) is 0 Å². The molecule has 18 heavy (non-hydrogen) atoms. The molecule has 1 aromatic heterocycles. The monoisotopic (exact) mass is 307 g/mol. The highest BCUT2D eigenvalue weighted by Gasteiger charge is 2.21. The highest BCUT2D eigenvalue weighted by Crippen LogP contribution is 2.27. The minimum Gasteiger partial charge on any atom is -0.338 e. The van der Waals surface area contributed by atoms with Gasteiger partial charge in [0.15, 0.2) is 0 Å². The van der Waals surface area contributed by atoms with Crippen molar-refractivity contribution < 1.29 is 4.52 Å². The Morgan fingerprint density at radius 1 is 1.44 bits per heavy atom. The Morgan fingerprint density at radius 2 is 2.28 bits per heavy atom. The zero-order valence-corrected chi connectivity index (χ0v) is 11.7. The summed E-state index contributed by atoms with van der Waals surface area (Å²) in [7, 11) is 0. The normalized spacial score (nSPS) is 15.0. The van der Waals surface area contributed by atoms with Crippen LogP contribution in [0.1, 0.15) is 24.3 Å². The number of aromatic nitrogens is 2. The number of rotatable bonds is 4. The van der Waals surface area contributed by atoms with Crippen LogP contribution in [0.2, 0.25) is 0 Å². The van der Waals surface area contributed by atoms with Crippen molar-refractivity contribution >= 4 is 15.9 Å². The van der Waals surface area contributed by atoms with Crippen molar-refractivity contribution in [3.63, 3.8) is 0 Å². The van der Waals surface area contributed by atoms with Crippen molar-refractivity contribution in [2.45, 2.75) is 32.4 Å². The van der Waals surface area contributed by atoms with E-state index >= 15 is 0 Å². The topological polar surface area (TPSA) is 51.0 Å². The van der Waals surface area contributed by atoms with Crippen LogP contribution in [0.3, 0.4) is 0 Å². The standard InChI is InChI=1S/C13H14BrN3O/c1-8-2-5-10(11(14)6-8)13-16-12(18-17-13)7-15-9-3-4-9/h2,5-6,9,15H,3-4,7H2,1H3. The molecule has 1 aliphatic rings. The average molecular weight is 308 g/mol. The molecule has 4 nitrogen and oxygen atoms in total. The molecule has 0 unspecified atom stereocenters. The van der Waals surface area contributed by atoms with Crippen LogP contribution >= 0.6 is 15.9 Å². The van der Waals surface area contributed by atoms with Crippen molar-refractivity contribution in [2.75, 3.05) is 0 Å². The predicted octanol–water partition coefficient (Wildman–Crippen LogP) is 3.06. The van der Waals surface area contributed by atoms with Crippen LogP contribution in [0.4, 0.5) is 0 Å². The summed E-state index contributed by atoms with van der Waals surface area (Å²) in [4.78, 5) is 4.40. The number of aryl methyl sites for hydroxylation is 1. The number of nitrogens with one attached hydrogen (secondary N) is 1. The number of benzene rings is 1. The molecule has 1 N–H and O–H groups in total. The molecule has 94 valence electrons. The van der Waals surface area contributed by atoms with Gasteiger partial charge in [0.25, 0.3) is 0 Å². The van der Waals surface area contributed by atoms with Gasteiger partial charge in [-0.25, -0.2) is 0 Å². The van der Waals surface area contributed by atoms with Gasteiger partial charge < -0.3 is 9.84 Å². The van der Waals surface area contributed by atoms with E-state index in [4.69, 9.17) is 4.52 Å². The van der Waals surface area contributed by atoms with Crippen LogP contribution in [0.15, 0.2) is 27.2 Å².